The van der Waals surface area contributed by atoms with E-state index in [1.807, 2.05) is 6.07 Å². The molecule has 0 amide bonds. The van der Waals surface area contributed by atoms with Crippen molar-refractivity contribution in [2.75, 3.05) is 0 Å². The van der Waals surface area contributed by atoms with E-state index in [2.05, 4.69) is 55.5 Å². The number of fused-ring (bicyclic) bond motifs is 1. The summed E-state index contributed by atoms with van der Waals surface area (Å²) in [4.78, 5) is 0. The monoisotopic (exact) mass is 238 g/mol. The summed E-state index contributed by atoms with van der Waals surface area (Å²) in [6.07, 6.45) is 1.52. The topological polar surface area (TPSA) is 20.2 Å². The van der Waals surface area contributed by atoms with Crippen LogP contribution in [0.15, 0.2) is 54.6 Å². The maximum atomic E-state index is 10.1. The van der Waals surface area contributed by atoms with Gasteiger partial charge in [0.15, 0.2) is 0 Å². The number of benzene rings is 2. The second-order valence-electron chi connectivity index (χ2n) is 5.34. The molecule has 2 aromatic carbocycles. The third-order valence-corrected chi connectivity index (χ3v) is 4.24. The minimum absolute atomic E-state index is 0.0249. The number of aliphatic hydroxyl groups excluding tert-OH is 1. The Kier molecular flexibility index (Phi) is 2.71. The molecule has 2 aromatic rings. The molecule has 1 nitrogen and oxygen atoms in total. The van der Waals surface area contributed by atoms with Crippen molar-refractivity contribution in [1.82, 2.24) is 0 Å². The standard InChI is InChI=1S/C17H18O/c1-17(13-7-3-2-4-8-13)12-11-16(18)14-9-5-6-10-15(14)17/h2-10,16,18H,11-12H2,1H3/t16-,17-/m0/s1. The summed E-state index contributed by atoms with van der Waals surface area (Å²) < 4.78 is 0. The molecule has 0 aliphatic heterocycles. The molecule has 92 valence electrons. The van der Waals surface area contributed by atoms with Crippen LogP contribution in [0.25, 0.3) is 0 Å². The molecule has 0 aromatic heterocycles. The Morgan fingerprint density at radius 1 is 1.00 bits per heavy atom. The first kappa shape index (κ1) is 11.5. The van der Waals surface area contributed by atoms with E-state index in [9.17, 15) is 5.11 Å². The molecule has 3 rings (SSSR count). The molecule has 1 aliphatic carbocycles. The van der Waals surface area contributed by atoms with Crippen LogP contribution in [0.3, 0.4) is 0 Å². The first-order valence-corrected chi connectivity index (χ1v) is 6.55. The van der Waals surface area contributed by atoms with Gasteiger partial charge in [0.2, 0.25) is 0 Å². The Labute approximate surface area is 108 Å². The Bertz CT molecular complexity index is 547. The smallest absolute Gasteiger partial charge is 0.0793 e. The van der Waals surface area contributed by atoms with Gasteiger partial charge in [-0.3, -0.25) is 0 Å². The highest BCUT2D eigenvalue weighted by Gasteiger charge is 2.36. The van der Waals surface area contributed by atoms with Crippen molar-refractivity contribution in [1.29, 1.82) is 0 Å². The molecule has 18 heavy (non-hydrogen) atoms. The zero-order chi connectivity index (χ0) is 12.6. The lowest BCUT2D eigenvalue weighted by molar-refractivity contribution is 0.143. The highest BCUT2D eigenvalue weighted by atomic mass is 16.3. The molecule has 2 atom stereocenters. The lowest BCUT2D eigenvalue weighted by atomic mass is 9.66. The Morgan fingerprint density at radius 2 is 1.67 bits per heavy atom. The second kappa shape index (κ2) is 4.25. The van der Waals surface area contributed by atoms with Gasteiger partial charge < -0.3 is 5.11 Å². The van der Waals surface area contributed by atoms with Gasteiger partial charge in [-0.1, -0.05) is 61.5 Å². The van der Waals surface area contributed by atoms with Crippen molar-refractivity contribution < 1.29 is 5.11 Å². The highest BCUT2D eigenvalue weighted by molar-refractivity contribution is 5.45. The molecule has 1 heteroatoms. The van der Waals surface area contributed by atoms with Crippen molar-refractivity contribution in [3.63, 3.8) is 0 Å². The predicted octanol–water partition coefficient (Wildman–Crippen LogP) is 3.82. The Morgan fingerprint density at radius 3 is 2.44 bits per heavy atom. The largest absolute Gasteiger partial charge is 0.388 e. The van der Waals surface area contributed by atoms with Crippen LogP contribution >= 0.6 is 0 Å². The third-order valence-electron chi connectivity index (χ3n) is 4.24. The van der Waals surface area contributed by atoms with E-state index in [-0.39, 0.29) is 11.5 Å². The van der Waals surface area contributed by atoms with Crippen LogP contribution in [-0.4, -0.2) is 5.11 Å². The Balaban J connectivity index is 2.17. The predicted molar refractivity (Wildman–Crippen MR) is 73.5 cm³/mol. The van der Waals surface area contributed by atoms with Crippen LogP contribution in [0, 0.1) is 0 Å². The molecule has 0 bridgehead atoms. The molecular weight excluding hydrogens is 220 g/mol. The van der Waals surface area contributed by atoms with E-state index in [0.29, 0.717) is 0 Å². The minimum atomic E-state index is -0.307. The first-order chi connectivity index (χ1) is 8.72. The number of rotatable bonds is 1. The lowest BCUT2D eigenvalue weighted by Crippen LogP contribution is -2.30. The fourth-order valence-corrected chi connectivity index (χ4v) is 3.11. The van der Waals surface area contributed by atoms with E-state index < -0.39 is 0 Å². The molecule has 1 aliphatic rings. The second-order valence-corrected chi connectivity index (χ2v) is 5.34. The summed E-state index contributed by atoms with van der Waals surface area (Å²) in [5.74, 6) is 0. The molecule has 0 spiro atoms. The summed E-state index contributed by atoms with van der Waals surface area (Å²) in [5, 5.41) is 10.1. The molecular formula is C17H18O. The summed E-state index contributed by atoms with van der Waals surface area (Å²) >= 11 is 0. The van der Waals surface area contributed by atoms with Crippen LogP contribution in [0.5, 0.6) is 0 Å². The molecule has 0 radical (unpaired) electrons. The van der Waals surface area contributed by atoms with Crippen molar-refractivity contribution in [2.45, 2.75) is 31.3 Å². The van der Waals surface area contributed by atoms with E-state index in [1.54, 1.807) is 0 Å². The van der Waals surface area contributed by atoms with Crippen molar-refractivity contribution >= 4 is 0 Å². The average molecular weight is 238 g/mol. The van der Waals surface area contributed by atoms with Gasteiger partial charge in [0.1, 0.15) is 0 Å². The highest BCUT2D eigenvalue weighted by Crippen LogP contribution is 2.45. The number of aliphatic hydroxyl groups is 1. The summed E-state index contributed by atoms with van der Waals surface area (Å²) in [6.45, 7) is 2.28. The number of hydrogen-bond acceptors (Lipinski definition) is 1. The maximum Gasteiger partial charge on any atom is 0.0793 e. The molecule has 0 unspecified atom stereocenters. The number of hydrogen-bond donors (Lipinski definition) is 1. The third kappa shape index (κ3) is 1.67. The zero-order valence-electron chi connectivity index (χ0n) is 10.6. The molecule has 1 N–H and O–H groups in total. The zero-order valence-corrected chi connectivity index (χ0v) is 10.6. The van der Waals surface area contributed by atoms with Gasteiger partial charge in [-0.05, 0) is 29.5 Å². The van der Waals surface area contributed by atoms with Crippen LogP contribution in [0.2, 0.25) is 0 Å². The summed E-state index contributed by atoms with van der Waals surface area (Å²) in [7, 11) is 0. The fourth-order valence-electron chi connectivity index (χ4n) is 3.11. The molecule has 0 heterocycles. The van der Waals surface area contributed by atoms with Gasteiger partial charge in [0.05, 0.1) is 6.10 Å². The van der Waals surface area contributed by atoms with Gasteiger partial charge in [-0.15, -0.1) is 0 Å². The van der Waals surface area contributed by atoms with Gasteiger partial charge in [-0.25, -0.2) is 0 Å². The van der Waals surface area contributed by atoms with E-state index in [4.69, 9.17) is 0 Å². The Hall–Kier alpha value is -1.60. The SMILES string of the molecule is C[C@@]1(c2ccccc2)CC[C@H](O)c2ccccc21. The van der Waals surface area contributed by atoms with Gasteiger partial charge in [0.25, 0.3) is 0 Å². The van der Waals surface area contributed by atoms with Gasteiger partial charge in [0, 0.05) is 5.41 Å². The van der Waals surface area contributed by atoms with E-state index >= 15 is 0 Å². The maximum absolute atomic E-state index is 10.1. The average Bonchev–Trinajstić information content (AvgIpc) is 2.44. The first-order valence-electron chi connectivity index (χ1n) is 6.55. The van der Waals surface area contributed by atoms with Crippen LogP contribution < -0.4 is 0 Å². The van der Waals surface area contributed by atoms with Gasteiger partial charge >= 0.3 is 0 Å². The van der Waals surface area contributed by atoms with E-state index in [0.717, 1.165) is 18.4 Å². The van der Waals surface area contributed by atoms with Crippen LogP contribution in [0.1, 0.15) is 42.6 Å². The molecule has 0 saturated carbocycles. The van der Waals surface area contributed by atoms with Gasteiger partial charge in [-0.2, -0.15) is 0 Å². The minimum Gasteiger partial charge on any atom is -0.388 e. The van der Waals surface area contributed by atoms with Crippen molar-refractivity contribution in [2.24, 2.45) is 0 Å². The lowest BCUT2D eigenvalue weighted by Gasteiger charge is -2.38. The van der Waals surface area contributed by atoms with Crippen molar-refractivity contribution in [3.8, 4) is 0 Å². The molecule has 0 saturated heterocycles. The van der Waals surface area contributed by atoms with Crippen LogP contribution in [-0.2, 0) is 5.41 Å². The van der Waals surface area contributed by atoms with Crippen molar-refractivity contribution in [3.05, 3.63) is 71.3 Å². The summed E-state index contributed by atoms with van der Waals surface area (Å²) in [5.41, 5.74) is 3.73. The quantitative estimate of drug-likeness (QED) is 0.800. The molecule has 0 fully saturated rings. The normalized spacial score (nSPS) is 26.7. The fraction of sp³-hybridized carbons (Fsp3) is 0.294. The summed E-state index contributed by atoms with van der Waals surface area (Å²) in [6, 6.07) is 18.9. The van der Waals surface area contributed by atoms with E-state index in [1.165, 1.54) is 11.1 Å². The van der Waals surface area contributed by atoms with Crippen LogP contribution in [0.4, 0.5) is 0 Å².